The number of benzene rings is 2. The van der Waals surface area contributed by atoms with Gasteiger partial charge in [-0.25, -0.2) is 5.43 Å². The van der Waals surface area contributed by atoms with Crippen molar-refractivity contribution in [1.29, 1.82) is 0 Å². The number of aromatic nitrogens is 2. The first kappa shape index (κ1) is 20.7. The number of non-ortho nitro benzene ring substituents is 1. The molecule has 2 aromatic carbocycles. The van der Waals surface area contributed by atoms with Gasteiger partial charge in [-0.2, -0.15) is 10.2 Å². The fraction of sp³-hybridized carbons (Fsp3) is 0.190. The van der Waals surface area contributed by atoms with Gasteiger partial charge in [-0.1, -0.05) is 19.1 Å². The molecular formula is C21H21N5O4. The van der Waals surface area contributed by atoms with E-state index in [1.54, 1.807) is 25.1 Å². The van der Waals surface area contributed by atoms with Gasteiger partial charge in [-0.05, 0) is 43.7 Å². The molecule has 3 aromatic rings. The lowest BCUT2D eigenvalue weighted by molar-refractivity contribution is -0.384. The minimum atomic E-state index is -0.482. The molecular weight excluding hydrogens is 386 g/mol. The molecule has 0 aliphatic rings. The molecule has 0 aliphatic heterocycles. The molecule has 3 rings (SSSR count). The minimum absolute atomic E-state index is 0.0438. The van der Waals surface area contributed by atoms with Crippen LogP contribution in [0.4, 0.5) is 5.69 Å². The molecule has 154 valence electrons. The fourth-order valence-electron chi connectivity index (χ4n) is 2.63. The molecule has 0 aliphatic carbocycles. The van der Waals surface area contributed by atoms with Gasteiger partial charge in [-0.15, -0.1) is 0 Å². The maximum Gasteiger partial charge on any atom is 0.289 e. The van der Waals surface area contributed by atoms with E-state index in [1.807, 2.05) is 31.2 Å². The summed E-state index contributed by atoms with van der Waals surface area (Å²) in [6.07, 6.45) is 0.933. The Bertz CT molecular complexity index is 1070. The zero-order chi connectivity index (χ0) is 21.5. The van der Waals surface area contributed by atoms with E-state index < -0.39 is 10.8 Å². The van der Waals surface area contributed by atoms with Crippen molar-refractivity contribution < 1.29 is 14.5 Å². The molecule has 0 atom stereocenters. The summed E-state index contributed by atoms with van der Waals surface area (Å²) in [7, 11) is 0. The van der Waals surface area contributed by atoms with Crippen LogP contribution in [0.3, 0.4) is 0 Å². The molecule has 30 heavy (non-hydrogen) atoms. The second kappa shape index (κ2) is 9.46. The summed E-state index contributed by atoms with van der Waals surface area (Å²) in [5, 5.41) is 21.8. The second-order valence-electron chi connectivity index (χ2n) is 6.49. The summed E-state index contributed by atoms with van der Waals surface area (Å²) in [6.45, 7) is 4.35. The van der Waals surface area contributed by atoms with Crippen LogP contribution in [0.25, 0.3) is 11.3 Å². The Morgan fingerprint density at radius 3 is 2.70 bits per heavy atom. The van der Waals surface area contributed by atoms with E-state index in [9.17, 15) is 14.9 Å². The quantitative estimate of drug-likeness (QED) is 0.333. The number of hydrogen-bond acceptors (Lipinski definition) is 6. The number of ether oxygens (including phenoxy) is 1. The standard InChI is InChI=1S/C21H21N5O4/c1-3-11-30-18-9-7-15(8-10-18)19-13-20(24-23-19)21(27)25-22-14(2)16-5-4-6-17(12-16)26(28)29/h4-10,12-13H,3,11H2,1-2H3,(H,23,24)(H,25,27)/b22-14-. The van der Waals surface area contributed by atoms with Gasteiger partial charge in [0, 0.05) is 23.3 Å². The third-order valence-corrected chi connectivity index (χ3v) is 4.25. The SMILES string of the molecule is CCCOc1ccc(-c2cc(C(=O)N/N=C(/C)c3cccc([N+](=O)[O-])c3)[nH]n2)cc1. The van der Waals surface area contributed by atoms with Crippen LogP contribution in [0.15, 0.2) is 59.7 Å². The van der Waals surface area contributed by atoms with Crippen LogP contribution in [0, 0.1) is 10.1 Å². The number of amides is 1. The number of carbonyl (C=O) groups is 1. The monoisotopic (exact) mass is 407 g/mol. The number of hydrazone groups is 1. The predicted molar refractivity (Wildman–Crippen MR) is 113 cm³/mol. The minimum Gasteiger partial charge on any atom is -0.494 e. The van der Waals surface area contributed by atoms with Crippen molar-refractivity contribution in [3.8, 4) is 17.0 Å². The highest BCUT2D eigenvalue weighted by Gasteiger charge is 2.12. The molecule has 9 heteroatoms. The first-order valence-corrected chi connectivity index (χ1v) is 9.36. The van der Waals surface area contributed by atoms with Crippen molar-refractivity contribution in [2.75, 3.05) is 6.61 Å². The van der Waals surface area contributed by atoms with Crippen LogP contribution in [0.5, 0.6) is 5.75 Å². The molecule has 0 saturated heterocycles. The van der Waals surface area contributed by atoms with E-state index in [0.717, 1.165) is 17.7 Å². The van der Waals surface area contributed by atoms with Crippen LogP contribution in [-0.4, -0.2) is 33.3 Å². The lowest BCUT2D eigenvalue weighted by Crippen LogP contribution is -2.19. The van der Waals surface area contributed by atoms with Crippen molar-refractivity contribution >= 4 is 17.3 Å². The fourth-order valence-corrected chi connectivity index (χ4v) is 2.63. The highest BCUT2D eigenvalue weighted by atomic mass is 16.6. The number of hydrogen-bond donors (Lipinski definition) is 2. The number of nitro benzene ring substituents is 1. The van der Waals surface area contributed by atoms with Crippen molar-refractivity contribution in [3.63, 3.8) is 0 Å². The van der Waals surface area contributed by atoms with E-state index in [-0.39, 0.29) is 11.4 Å². The summed E-state index contributed by atoms with van der Waals surface area (Å²) >= 11 is 0. The smallest absolute Gasteiger partial charge is 0.289 e. The maximum atomic E-state index is 12.4. The number of carbonyl (C=O) groups excluding carboxylic acids is 1. The van der Waals surface area contributed by atoms with Crippen molar-refractivity contribution in [3.05, 3.63) is 76.0 Å². The number of H-pyrrole nitrogens is 1. The Kier molecular flexibility index (Phi) is 6.53. The number of nitrogens with zero attached hydrogens (tertiary/aromatic N) is 3. The molecule has 2 N–H and O–H groups in total. The Labute approximate surface area is 172 Å². The highest BCUT2D eigenvalue weighted by molar-refractivity contribution is 6.01. The topological polar surface area (TPSA) is 123 Å². The Balaban J connectivity index is 1.67. The Morgan fingerprint density at radius 2 is 2.00 bits per heavy atom. The third kappa shape index (κ3) is 5.07. The van der Waals surface area contributed by atoms with Gasteiger partial charge in [0.15, 0.2) is 0 Å². The van der Waals surface area contributed by atoms with Gasteiger partial charge in [0.25, 0.3) is 11.6 Å². The molecule has 1 heterocycles. The van der Waals surface area contributed by atoms with Gasteiger partial charge < -0.3 is 4.74 Å². The van der Waals surface area contributed by atoms with E-state index in [2.05, 4.69) is 20.7 Å². The average molecular weight is 407 g/mol. The molecule has 9 nitrogen and oxygen atoms in total. The Morgan fingerprint density at radius 1 is 1.23 bits per heavy atom. The van der Waals surface area contributed by atoms with Crippen LogP contribution < -0.4 is 10.2 Å². The van der Waals surface area contributed by atoms with Crippen molar-refractivity contribution in [2.24, 2.45) is 5.10 Å². The van der Waals surface area contributed by atoms with Crippen LogP contribution in [-0.2, 0) is 0 Å². The molecule has 1 amide bonds. The summed E-state index contributed by atoms with van der Waals surface area (Å²) in [5.74, 6) is 0.307. The predicted octanol–water partition coefficient (Wildman–Crippen LogP) is 3.93. The molecule has 0 fully saturated rings. The van der Waals surface area contributed by atoms with Gasteiger partial charge in [-0.3, -0.25) is 20.0 Å². The number of aromatic amines is 1. The third-order valence-electron chi connectivity index (χ3n) is 4.25. The van der Waals surface area contributed by atoms with E-state index >= 15 is 0 Å². The zero-order valence-electron chi connectivity index (χ0n) is 16.6. The van der Waals surface area contributed by atoms with E-state index in [1.165, 1.54) is 12.1 Å². The number of nitrogens with one attached hydrogen (secondary N) is 2. The van der Waals surface area contributed by atoms with Gasteiger partial charge in [0.1, 0.15) is 11.4 Å². The average Bonchev–Trinajstić information content (AvgIpc) is 3.26. The largest absolute Gasteiger partial charge is 0.494 e. The van der Waals surface area contributed by atoms with Gasteiger partial charge >= 0.3 is 0 Å². The molecule has 0 spiro atoms. The number of nitro groups is 1. The van der Waals surface area contributed by atoms with E-state index in [4.69, 9.17) is 4.74 Å². The first-order valence-electron chi connectivity index (χ1n) is 9.36. The molecule has 0 unspecified atom stereocenters. The van der Waals surface area contributed by atoms with Gasteiger partial charge in [0.05, 0.1) is 22.9 Å². The Hall–Kier alpha value is -4.01. The van der Waals surface area contributed by atoms with Crippen LogP contribution in [0.1, 0.15) is 36.3 Å². The van der Waals surface area contributed by atoms with Crippen LogP contribution >= 0.6 is 0 Å². The van der Waals surface area contributed by atoms with Crippen molar-refractivity contribution in [1.82, 2.24) is 15.6 Å². The highest BCUT2D eigenvalue weighted by Crippen LogP contribution is 2.21. The lowest BCUT2D eigenvalue weighted by Gasteiger charge is -2.04. The maximum absolute atomic E-state index is 12.4. The van der Waals surface area contributed by atoms with E-state index in [0.29, 0.717) is 23.6 Å². The van der Waals surface area contributed by atoms with Gasteiger partial charge in [0.2, 0.25) is 0 Å². The van der Waals surface area contributed by atoms with Crippen LogP contribution in [0.2, 0.25) is 0 Å². The molecule has 0 radical (unpaired) electrons. The van der Waals surface area contributed by atoms with Crippen molar-refractivity contribution in [2.45, 2.75) is 20.3 Å². The number of rotatable bonds is 8. The molecule has 1 aromatic heterocycles. The summed E-state index contributed by atoms with van der Waals surface area (Å²) in [5.41, 5.74) is 5.06. The second-order valence-corrected chi connectivity index (χ2v) is 6.49. The lowest BCUT2D eigenvalue weighted by atomic mass is 10.1. The summed E-state index contributed by atoms with van der Waals surface area (Å²) < 4.78 is 5.56. The molecule has 0 bridgehead atoms. The molecule has 0 saturated carbocycles. The normalized spacial score (nSPS) is 11.2. The summed E-state index contributed by atoms with van der Waals surface area (Å²) in [4.78, 5) is 22.8. The first-order chi connectivity index (χ1) is 14.5. The summed E-state index contributed by atoms with van der Waals surface area (Å²) in [6, 6.07) is 15.1. The zero-order valence-corrected chi connectivity index (χ0v) is 16.6.